The van der Waals surface area contributed by atoms with Crippen LogP contribution < -0.4 is 10.1 Å². The van der Waals surface area contributed by atoms with Gasteiger partial charge in [-0.3, -0.25) is 10.1 Å². The molecule has 1 aliphatic heterocycles. The van der Waals surface area contributed by atoms with E-state index in [4.69, 9.17) is 27.9 Å². The van der Waals surface area contributed by atoms with Crippen molar-refractivity contribution in [1.82, 2.24) is 10.3 Å². The Morgan fingerprint density at radius 3 is 2.67 bits per heavy atom. The Morgan fingerprint density at radius 2 is 1.94 bits per heavy atom. The second kappa shape index (κ2) is 10.5. The van der Waals surface area contributed by atoms with Crippen LogP contribution in [0.2, 0.25) is 10.0 Å². The number of thioether (sulfide) groups is 1. The molecule has 1 aliphatic rings. The van der Waals surface area contributed by atoms with Crippen LogP contribution in [0.25, 0.3) is 0 Å². The van der Waals surface area contributed by atoms with E-state index in [9.17, 15) is 14.3 Å². The second-order valence-corrected chi connectivity index (χ2v) is 10.9. The fourth-order valence-electron chi connectivity index (χ4n) is 4.10. The number of pyridine rings is 1. The summed E-state index contributed by atoms with van der Waals surface area (Å²) < 4.78 is 19.4. The number of benzene rings is 2. The number of hydrogen-bond acceptors (Lipinski definition) is 7. The number of ether oxygens (including phenoxy) is 1. The first-order valence-corrected chi connectivity index (χ1v) is 13.5. The summed E-state index contributed by atoms with van der Waals surface area (Å²) in [7, 11) is 0. The van der Waals surface area contributed by atoms with Crippen LogP contribution in [0.1, 0.15) is 17.7 Å². The maximum Gasteiger partial charge on any atom is 0.219 e. The first kappa shape index (κ1) is 25.2. The molecule has 0 saturated carbocycles. The van der Waals surface area contributed by atoms with Gasteiger partial charge in [0, 0.05) is 23.4 Å². The topological polar surface area (TPSA) is 71.5 Å². The summed E-state index contributed by atoms with van der Waals surface area (Å²) in [6.07, 6.45) is -1.11. The van der Waals surface area contributed by atoms with Crippen LogP contribution in [0, 0.1) is 5.82 Å². The average Bonchev–Trinajstić information content (AvgIpc) is 3.41. The molecule has 2 aromatic heterocycles. The maximum atomic E-state index is 13.5. The van der Waals surface area contributed by atoms with Gasteiger partial charge in [-0.1, -0.05) is 41.4 Å². The minimum atomic E-state index is -1.17. The normalized spacial score (nSPS) is 21.9. The van der Waals surface area contributed by atoms with Gasteiger partial charge in [-0.2, -0.15) is 11.3 Å². The van der Waals surface area contributed by atoms with E-state index in [0.717, 1.165) is 5.56 Å². The van der Waals surface area contributed by atoms with Crippen LogP contribution >= 0.6 is 46.3 Å². The highest BCUT2D eigenvalue weighted by Gasteiger charge is 2.48. The van der Waals surface area contributed by atoms with Crippen molar-refractivity contribution in [1.29, 1.82) is 0 Å². The van der Waals surface area contributed by atoms with E-state index in [1.54, 1.807) is 24.3 Å². The first-order chi connectivity index (χ1) is 17.4. The summed E-state index contributed by atoms with van der Waals surface area (Å²) in [5.41, 5.74) is 0.226. The van der Waals surface area contributed by atoms with E-state index in [1.165, 1.54) is 41.3 Å². The van der Waals surface area contributed by atoms with Crippen molar-refractivity contribution in [2.45, 2.75) is 28.3 Å². The highest BCUT2D eigenvalue weighted by Crippen LogP contribution is 2.42. The number of carbonyl (C=O) groups excluding carboxylic acids is 1. The van der Waals surface area contributed by atoms with Gasteiger partial charge in [0.15, 0.2) is 5.78 Å². The smallest absolute Gasteiger partial charge is 0.219 e. The molecule has 5 nitrogen and oxygen atoms in total. The molecule has 0 amide bonds. The number of piperidine rings is 1. The van der Waals surface area contributed by atoms with Crippen molar-refractivity contribution < 1.29 is 19.0 Å². The minimum Gasteiger partial charge on any atom is -0.439 e. The van der Waals surface area contributed by atoms with Crippen LogP contribution in [0.15, 0.2) is 82.4 Å². The Kier molecular flexibility index (Phi) is 7.35. The summed E-state index contributed by atoms with van der Waals surface area (Å²) in [5.74, 6) is -0.137. The number of Topliss-reactive ketones (excluding diaryl/α,β-unsaturated/α-hetero) is 1. The van der Waals surface area contributed by atoms with Crippen molar-refractivity contribution in [2.24, 2.45) is 0 Å². The summed E-state index contributed by atoms with van der Waals surface area (Å²) in [6, 6.07) is 18.3. The zero-order valence-corrected chi connectivity index (χ0v) is 21.7. The molecule has 2 N–H and O–H groups in total. The Labute approximate surface area is 225 Å². The molecule has 3 heterocycles. The van der Waals surface area contributed by atoms with Crippen molar-refractivity contribution in [2.75, 3.05) is 0 Å². The highest BCUT2D eigenvalue weighted by atomic mass is 35.5. The van der Waals surface area contributed by atoms with Gasteiger partial charge >= 0.3 is 0 Å². The van der Waals surface area contributed by atoms with Crippen molar-refractivity contribution >= 4 is 52.1 Å². The molecule has 3 unspecified atom stereocenters. The number of carbonyl (C=O) groups is 1. The predicted octanol–water partition coefficient (Wildman–Crippen LogP) is 6.67. The average molecular weight is 561 g/mol. The van der Waals surface area contributed by atoms with Gasteiger partial charge in [-0.15, -0.1) is 11.8 Å². The van der Waals surface area contributed by atoms with Crippen molar-refractivity contribution in [3.8, 4) is 11.6 Å². The second-order valence-electron chi connectivity index (χ2n) is 8.16. The van der Waals surface area contributed by atoms with Gasteiger partial charge in [0.25, 0.3) is 0 Å². The molecule has 2 aromatic carbocycles. The molecule has 1 saturated heterocycles. The number of halogens is 3. The monoisotopic (exact) mass is 560 g/mol. The highest BCUT2D eigenvalue weighted by molar-refractivity contribution is 8.00. The zero-order valence-electron chi connectivity index (χ0n) is 18.5. The van der Waals surface area contributed by atoms with Crippen LogP contribution in [0.4, 0.5) is 4.39 Å². The lowest BCUT2D eigenvalue weighted by Gasteiger charge is -2.42. The Bertz CT molecular complexity index is 1410. The van der Waals surface area contributed by atoms with Gasteiger partial charge in [0.2, 0.25) is 5.88 Å². The summed E-state index contributed by atoms with van der Waals surface area (Å²) in [6.45, 7) is 0. The van der Waals surface area contributed by atoms with Gasteiger partial charge in [0.1, 0.15) is 23.0 Å². The lowest BCUT2D eigenvalue weighted by atomic mass is 9.79. The van der Waals surface area contributed by atoms with E-state index in [2.05, 4.69) is 10.3 Å². The first-order valence-electron chi connectivity index (χ1n) is 10.9. The fraction of sp³-hybridized carbons (Fsp3) is 0.154. The van der Waals surface area contributed by atoms with E-state index in [1.807, 2.05) is 35.0 Å². The zero-order chi connectivity index (χ0) is 25.3. The molecule has 4 aromatic rings. The van der Waals surface area contributed by atoms with Crippen LogP contribution in [-0.4, -0.2) is 27.4 Å². The molecule has 0 spiro atoms. The van der Waals surface area contributed by atoms with Crippen molar-refractivity contribution in [3.05, 3.63) is 105 Å². The minimum absolute atomic E-state index is 0.0573. The molecule has 0 radical (unpaired) electrons. The molecule has 0 bridgehead atoms. The largest absolute Gasteiger partial charge is 0.439 e. The lowest BCUT2D eigenvalue weighted by Crippen LogP contribution is -2.60. The number of nitrogens with zero attached hydrogens (tertiary/aromatic N) is 1. The van der Waals surface area contributed by atoms with Crippen LogP contribution in [0.3, 0.4) is 0 Å². The number of aromatic nitrogens is 1. The Morgan fingerprint density at radius 1 is 1.11 bits per heavy atom. The van der Waals surface area contributed by atoms with E-state index >= 15 is 0 Å². The number of nitrogens with one attached hydrogen (secondary N) is 1. The Balaban J connectivity index is 1.47. The maximum absolute atomic E-state index is 13.5. The van der Waals surface area contributed by atoms with Crippen LogP contribution in [-0.2, 0) is 10.3 Å². The number of hydrogen-bond donors (Lipinski definition) is 2. The third kappa shape index (κ3) is 5.02. The third-order valence-electron chi connectivity index (χ3n) is 5.82. The SMILES string of the molecule is O=C1CC(c2ccsc2)(c2cccc(Oc3ccc(F)c(Cl)c3)n2)NC(O)C1Sc1ccccc1Cl. The molecule has 10 heteroatoms. The van der Waals surface area contributed by atoms with E-state index in [0.29, 0.717) is 21.4 Å². The lowest BCUT2D eigenvalue weighted by molar-refractivity contribution is -0.125. The van der Waals surface area contributed by atoms with Gasteiger partial charge in [-0.05, 0) is 52.7 Å². The Hall–Kier alpha value is -2.46. The molecule has 5 rings (SSSR count). The van der Waals surface area contributed by atoms with Gasteiger partial charge < -0.3 is 9.84 Å². The van der Waals surface area contributed by atoms with E-state index < -0.39 is 22.8 Å². The molecule has 184 valence electrons. The molecule has 0 aliphatic carbocycles. The standard InChI is InChI=1S/C26H19Cl2FN2O3S2/c27-17-4-1-2-5-21(17)36-24-20(32)13-26(31-25(24)33,15-10-11-35-14-15)22-6-3-7-23(30-22)34-16-8-9-19(29)18(28)12-16/h1-12,14,24-25,31,33H,13H2. The molecular weight excluding hydrogens is 542 g/mol. The fourth-order valence-corrected chi connectivity index (χ4v) is 6.29. The summed E-state index contributed by atoms with van der Waals surface area (Å²) >= 11 is 14.9. The van der Waals surface area contributed by atoms with Crippen molar-refractivity contribution in [3.63, 3.8) is 0 Å². The molecule has 3 atom stereocenters. The third-order valence-corrected chi connectivity index (χ3v) is 8.62. The van der Waals surface area contributed by atoms with Gasteiger partial charge in [0.05, 0.1) is 21.3 Å². The summed E-state index contributed by atoms with van der Waals surface area (Å²) in [4.78, 5) is 18.9. The molecule has 1 fully saturated rings. The van der Waals surface area contributed by atoms with Gasteiger partial charge in [-0.25, -0.2) is 9.37 Å². The number of ketones is 1. The van der Waals surface area contributed by atoms with Crippen LogP contribution in [0.5, 0.6) is 11.6 Å². The predicted molar refractivity (Wildman–Crippen MR) is 141 cm³/mol. The summed E-state index contributed by atoms with van der Waals surface area (Å²) in [5, 5.41) is 17.9. The number of aliphatic hydroxyl groups is 1. The quantitative estimate of drug-likeness (QED) is 0.274. The number of thiophene rings is 1. The molecular formula is C26H19Cl2FN2O3S2. The number of rotatable bonds is 6. The number of aliphatic hydroxyl groups excluding tert-OH is 1. The van der Waals surface area contributed by atoms with E-state index in [-0.39, 0.29) is 23.1 Å². The molecule has 36 heavy (non-hydrogen) atoms.